The van der Waals surface area contributed by atoms with Crippen molar-refractivity contribution in [2.24, 2.45) is 0 Å². The van der Waals surface area contributed by atoms with Gasteiger partial charge in [0.05, 0.1) is 35.3 Å². The second-order valence-corrected chi connectivity index (χ2v) is 5.82. The largest absolute Gasteiger partial charge is 0.462 e. The summed E-state index contributed by atoms with van der Waals surface area (Å²) in [5.41, 5.74) is 1.94. The molecule has 0 spiro atoms. The number of benzene rings is 2. The van der Waals surface area contributed by atoms with E-state index >= 15 is 0 Å². The zero-order valence-corrected chi connectivity index (χ0v) is 15.1. The molecule has 3 aromatic rings. The normalized spacial score (nSPS) is 10.2. The SMILES string of the molecule is CCOC(=O)c1ccccc1NC(=O)c1cncc(Nc2cccc(F)c2)c1. The quantitative estimate of drug-likeness (QED) is 0.621. The predicted molar refractivity (Wildman–Crippen MR) is 104 cm³/mol. The number of halogens is 1. The van der Waals surface area contributed by atoms with Crippen molar-refractivity contribution in [1.82, 2.24) is 4.98 Å². The number of pyridine rings is 1. The Morgan fingerprint density at radius 3 is 2.64 bits per heavy atom. The van der Waals surface area contributed by atoms with E-state index in [0.717, 1.165) is 0 Å². The molecule has 0 fully saturated rings. The molecule has 0 unspecified atom stereocenters. The van der Waals surface area contributed by atoms with E-state index in [2.05, 4.69) is 15.6 Å². The molecular weight excluding hydrogens is 361 g/mol. The fraction of sp³-hybridized carbons (Fsp3) is 0.0952. The van der Waals surface area contributed by atoms with Crippen LogP contribution in [0.3, 0.4) is 0 Å². The zero-order chi connectivity index (χ0) is 19.9. The predicted octanol–water partition coefficient (Wildman–Crippen LogP) is 4.39. The van der Waals surface area contributed by atoms with E-state index in [1.54, 1.807) is 49.4 Å². The van der Waals surface area contributed by atoms with Gasteiger partial charge in [0, 0.05) is 11.9 Å². The first kappa shape index (κ1) is 19.0. The number of para-hydroxylation sites is 1. The number of rotatable bonds is 6. The molecule has 28 heavy (non-hydrogen) atoms. The topological polar surface area (TPSA) is 80.3 Å². The van der Waals surface area contributed by atoms with Gasteiger partial charge in [-0.2, -0.15) is 0 Å². The smallest absolute Gasteiger partial charge is 0.340 e. The summed E-state index contributed by atoms with van der Waals surface area (Å²) < 4.78 is 18.3. The highest BCUT2D eigenvalue weighted by Gasteiger charge is 2.15. The minimum atomic E-state index is -0.516. The van der Waals surface area contributed by atoms with Crippen LogP contribution in [-0.4, -0.2) is 23.5 Å². The summed E-state index contributed by atoms with van der Waals surface area (Å²) in [6.45, 7) is 1.95. The fourth-order valence-corrected chi connectivity index (χ4v) is 2.54. The minimum absolute atomic E-state index is 0.235. The van der Waals surface area contributed by atoms with Gasteiger partial charge >= 0.3 is 5.97 Å². The first-order valence-electron chi connectivity index (χ1n) is 8.62. The van der Waals surface area contributed by atoms with Crippen LogP contribution in [0.15, 0.2) is 67.0 Å². The Hall–Kier alpha value is -3.74. The molecule has 0 saturated carbocycles. The molecule has 0 saturated heterocycles. The summed E-state index contributed by atoms with van der Waals surface area (Å²) in [5.74, 6) is -1.33. The molecule has 1 heterocycles. The van der Waals surface area contributed by atoms with Gasteiger partial charge < -0.3 is 15.4 Å². The standard InChI is InChI=1S/C21H18FN3O3/c1-2-28-21(27)18-8-3-4-9-19(18)25-20(26)14-10-17(13-23-12-14)24-16-7-5-6-15(22)11-16/h3-13,24H,2H2,1H3,(H,25,26). The van der Waals surface area contributed by atoms with E-state index in [4.69, 9.17) is 4.74 Å². The van der Waals surface area contributed by atoms with E-state index in [1.165, 1.54) is 24.5 Å². The first-order valence-corrected chi connectivity index (χ1v) is 8.62. The van der Waals surface area contributed by atoms with Crippen LogP contribution in [0.1, 0.15) is 27.6 Å². The number of hydrogen-bond acceptors (Lipinski definition) is 5. The van der Waals surface area contributed by atoms with Crippen molar-refractivity contribution in [2.45, 2.75) is 6.92 Å². The summed E-state index contributed by atoms with van der Waals surface area (Å²) >= 11 is 0. The van der Waals surface area contributed by atoms with Crippen molar-refractivity contribution in [3.8, 4) is 0 Å². The molecule has 0 aliphatic heterocycles. The van der Waals surface area contributed by atoms with Crippen molar-refractivity contribution in [3.05, 3.63) is 83.9 Å². The van der Waals surface area contributed by atoms with Gasteiger partial charge in [-0.25, -0.2) is 9.18 Å². The second kappa shape index (κ2) is 8.77. The zero-order valence-electron chi connectivity index (χ0n) is 15.1. The minimum Gasteiger partial charge on any atom is -0.462 e. The Labute approximate surface area is 161 Å². The van der Waals surface area contributed by atoms with Crippen molar-refractivity contribution >= 4 is 28.9 Å². The summed E-state index contributed by atoms with van der Waals surface area (Å²) in [4.78, 5) is 28.7. The number of nitrogens with zero attached hydrogens (tertiary/aromatic N) is 1. The molecule has 7 heteroatoms. The van der Waals surface area contributed by atoms with Crippen LogP contribution in [-0.2, 0) is 4.74 Å². The number of carbonyl (C=O) groups excluding carboxylic acids is 2. The fourth-order valence-electron chi connectivity index (χ4n) is 2.54. The van der Waals surface area contributed by atoms with Gasteiger partial charge in [-0.3, -0.25) is 9.78 Å². The lowest BCUT2D eigenvalue weighted by Gasteiger charge is -2.11. The van der Waals surface area contributed by atoms with E-state index in [1.807, 2.05) is 0 Å². The summed E-state index contributed by atoms with van der Waals surface area (Å²) in [7, 11) is 0. The van der Waals surface area contributed by atoms with Crippen molar-refractivity contribution in [2.75, 3.05) is 17.2 Å². The lowest BCUT2D eigenvalue weighted by atomic mass is 10.1. The first-order chi connectivity index (χ1) is 13.6. The number of amides is 1. The molecule has 142 valence electrons. The molecule has 0 atom stereocenters. The number of anilines is 3. The lowest BCUT2D eigenvalue weighted by Crippen LogP contribution is -2.16. The Bertz CT molecular complexity index is 1010. The highest BCUT2D eigenvalue weighted by atomic mass is 19.1. The molecule has 1 aromatic heterocycles. The van der Waals surface area contributed by atoms with Crippen molar-refractivity contribution < 1.29 is 18.7 Å². The molecule has 0 aliphatic rings. The molecule has 3 rings (SSSR count). The average molecular weight is 379 g/mol. The lowest BCUT2D eigenvalue weighted by molar-refractivity contribution is 0.0527. The Balaban J connectivity index is 1.78. The molecule has 1 amide bonds. The molecule has 0 radical (unpaired) electrons. The third kappa shape index (κ3) is 4.70. The van der Waals surface area contributed by atoms with Crippen molar-refractivity contribution in [1.29, 1.82) is 0 Å². The third-order valence-electron chi connectivity index (χ3n) is 3.78. The number of hydrogen-bond donors (Lipinski definition) is 2. The Morgan fingerprint density at radius 2 is 1.86 bits per heavy atom. The summed E-state index contributed by atoms with van der Waals surface area (Å²) in [6.07, 6.45) is 2.92. The highest BCUT2D eigenvalue weighted by Crippen LogP contribution is 2.20. The van der Waals surface area contributed by atoms with Gasteiger partial charge in [0.1, 0.15) is 5.82 Å². The van der Waals surface area contributed by atoms with Crippen LogP contribution in [0, 0.1) is 5.82 Å². The van der Waals surface area contributed by atoms with Crippen LogP contribution in [0.25, 0.3) is 0 Å². The van der Waals surface area contributed by atoms with Crippen LogP contribution >= 0.6 is 0 Å². The van der Waals surface area contributed by atoms with E-state index < -0.39 is 11.9 Å². The number of carbonyl (C=O) groups is 2. The van der Waals surface area contributed by atoms with Crippen LogP contribution in [0.4, 0.5) is 21.5 Å². The maximum absolute atomic E-state index is 13.3. The van der Waals surface area contributed by atoms with Crippen LogP contribution in [0.5, 0.6) is 0 Å². The highest BCUT2D eigenvalue weighted by molar-refractivity contribution is 6.08. The second-order valence-electron chi connectivity index (χ2n) is 5.82. The van der Waals surface area contributed by atoms with Crippen molar-refractivity contribution in [3.63, 3.8) is 0 Å². The van der Waals surface area contributed by atoms with Gasteiger partial charge in [-0.1, -0.05) is 18.2 Å². The van der Waals surface area contributed by atoms with Gasteiger partial charge in [0.2, 0.25) is 0 Å². The van der Waals surface area contributed by atoms with E-state index in [-0.39, 0.29) is 23.6 Å². The summed E-state index contributed by atoms with van der Waals surface area (Å²) in [5, 5.41) is 5.69. The summed E-state index contributed by atoms with van der Waals surface area (Å²) in [6, 6.07) is 14.1. The molecule has 0 bridgehead atoms. The van der Waals surface area contributed by atoms with E-state index in [0.29, 0.717) is 17.1 Å². The molecule has 2 N–H and O–H groups in total. The number of nitrogens with one attached hydrogen (secondary N) is 2. The monoisotopic (exact) mass is 379 g/mol. The molecule has 0 aliphatic carbocycles. The van der Waals surface area contributed by atoms with Gasteiger partial charge in [-0.05, 0) is 43.3 Å². The molecular formula is C21H18FN3O3. The number of aromatic nitrogens is 1. The Morgan fingerprint density at radius 1 is 1.04 bits per heavy atom. The van der Waals surface area contributed by atoms with Gasteiger partial charge in [0.25, 0.3) is 5.91 Å². The molecule has 6 nitrogen and oxygen atoms in total. The van der Waals surface area contributed by atoms with E-state index in [9.17, 15) is 14.0 Å². The van der Waals surface area contributed by atoms with Crippen LogP contribution in [0.2, 0.25) is 0 Å². The van der Waals surface area contributed by atoms with Crippen LogP contribution < -0.4 is 10.6 Å². The Kier molecular flexibility index (Phi) is 5.96. The average Bonchev–Trinajstić information content (AvgIpc) is 2.69. The van der Waals surface area contributed by atoms with Gasteiger partial charge in [-0.15, -0.1) is 0 Å². The number of ether oxygens (including phenoxy) is 1. The molecule has 2 aromatic carbocycles. The van der Waals surface area contributed by atoms with Gasteiger partial charge in [0.15, 0.2) is 0 Å². The number of esters is 1. The maximum atomic E-state index is 13.3. The third-order valence-corrected chi connectivity index (χ3v) is 3.78. The maximum Gasteiger partial charge on any atom is 0.340 e.